The summed E-state index contributed by atoms with van der Waals surface area (Å²) >= 11 is 1.04. The number of nitrogens with zero attached hydrogens (tertiary/aromatic N) is 1. The van der Waals surface area contributed by atoms with E-state index >= 15 is 0 Å². The first kappa shape index (κ1) is 16.6. The molecule has 0 aliphatic rings. The number of carboxylic acid groups (broad SMARTS) is 1. The van der Waals surface area contributed by atoms with Crippen LogP contribution in [0.2, 0.25) is 0 Å². The van der Waals surface area contributed by atoms with Gasteiger partial charge in [0, 0.05) is 28.9 Å². The summed E-state index contributed by atoms with van der Waals surface area (Å²) in [5.41, 5.74) is 0.443. The molecule has 1 heterocycles. The lowest BCUT2D eigenvalue weighted by Crippen LogP contribution is -2.37. The smallest absolute Gasteiger partial charge is 0.347 e. The molecule has 1 rings (SSSR count). The summed E-state index contributed by atoms with van der Waals surface area (Å²) in [4.78, 5) is 26.6. The van der Waals surface area contributed by atoms with Gasteiger partial charge in [0.25, 0.3) is 0 Å². The predicted octanol–water partition coefficient (Wildman–Crippen LogP) is 0.718. The molecule has 1 unspecified atom stereocenters. The van der Waals surface area contributed by atoms with Crippen molar-refractivity contribution in [1.82, 2.24) is 15.6 Å². The highest BCUT2D eigenvalue weighted by atomic mass is 32.2. The van der Waals surface area contributed by atoms with E-state index in [-0.39, 0.29) is 17.5 Å². The molecule has 1 aromatic rings. The van der Waals surface area contributed by atoms with Crippen LogP contribution in [0.25, 0.3) is 0 Å². The number of hydrogen-bond donors (Lipinski definition) is 3. The molecule has 9 heteroatoms. The third kappa shape index (κ3) is 5.25. The first-order valence-corrected chi connectivity index (χ1v) is 8.30. The number of nitrogens with one attached hydrogen (secondary N) is 2. The van der Waals surface area contributed by atoms with Gasteiger partial charge in [0.1, 0.15) is 9.88 Å². The molecular weight excluding hydrogens is 302 g/mol. The molecule has 3 N–H and O–H groups in total. The second-order valence-corrected chi connectivity index (χ2v) is 6.82. The second kappa shape index (κ2) is 7.95. The molecule has 0 aliphatic carbocycles. The maximum atomic E-state index is 11.5. The molecular formula is C11H17N3O4S2. The third-order valence-electron chi connectivity index (χ3n) is 2.37. The van der Waals surface area contributed by atoms with Gasteiger partial charge in [-0.25, -0.2) is 14.6 Å². The molecule has 0 aliphatic heterocycles. The summed E-state index contributed by atoms with van der Waals surface area (Å²) < 4.78 is 11.2. The van der Waals surface area contributed by atoms with Crippen LogP contribution < -0.4 is 10.6 Å². The number of rotatable bonds is 7. The Labute approximate surface area is 123 Å². The van der Waals surface area contributed by atoms with Gasteiger partial charge in [-0.15, -0.1) is 11.3 Å². The Hall–Kier alpha value is -1.48. The molecule has 7 nitrogen and oxygen atoms in total. The van der Waals surface area contributed by atoms with Crippen molar-refractivity contribution in [2.45, 2.75) is 20.4 Å². The number of aryl methyl sites for hydroxylation is 1. The molecule has 0 saturated heterocycles. The summed E-state index contributed by atoms with van der Waals surface area (Å²) in [6, 6.07) is -0.386. The van der Waals surface area contributed by atoms with E-state index in [1.165, 1.54) is 0 Å². The Bertz CT molecular complexity index is 516. The molecule has 2 amide bonds. The van der Waals surface area contributed by atoms with Gasteiger partial charge in [-0.2, -0.15) is 0 Å². The van der Waals surface area contributed by atoms with Crippen LogP contribution in [0.3, 0.4) is 0 Å². The van der Waals surface area contributed by atoms with E-state index in [4.69, 9.17) is 5.11 Å². The second-order valence-electron chi connectivity index (χ2n) is 3.87. The van der Waals surface area contributed by atoms with Gasteiger partial charge < -0.3 is 15.7 Å². The average Bonchev–Trinajstić information content (AvgIpc) is 2.77. The highest BCUT2D eigenvalue weighted by molar-refractivity contribution is 7.84. The van der Waals surface area contributed by atoms with Crippen LogP contribution in [0.5, 0.6) is 0 Å². The molecule has 0 radical (unpaired) electrons. The normalized spacial score (nSPS) is 11.9. The van der Waals surface area contributed by atoms with E-state index < -0.39 is 16.8 Å². The van der Waals surface area contributed by atoms with Crippen LogP contribution in [-0.2, 0) is 17.3 Å². The fraction of sp³-hybridized carbons (Fsp3) is 0.545. The molecule has 1 atom stereocenters. The SMILES string of the molecule is CCS(=O)CCNC(=O)NCc1nc(C)c(C(=O)O)s1. The number of carbonyl (C=O) groups excluding carboxylic acids is 1. The highest BCUT2D eigenvalue weighted by Crippen LogP contribution is 2.17. The number of aromatic carboxylic acids is 1. The minimum absolute atomic E-state index is 0.168. The van der Waals surface area contributed by atoms with Crippen LogP contribution in [0.15, 0.2) is 0 Å². The predicted molar refractivity (Wildman–Crippen MR) is 77.6 cm³/mol. The number of amides is 2. The van der Waals surface area contributed by atoms with Crippen LogP contribution in [-0.4, -0.2) is 44.4 Å². The maximum Gasteiger partial charge on any atom is 0.347 e. The Morgan fingerprint density at radius 3 is 2.65 bits per heavy atom. The van der Waals surface area contributed by atoms with Crippen molar-refractivity contribution in [3.63, 3.8) is 0 Å². The van der Waals surface area contributed by atoms with Crippen LogP contribution in [0.1, 0.15) is 27.3 Å². The molecule has 0 spiro atoms. The quantitative estimate of drug-likeness (QED) is 0.686. The van der Waals surface area contributed by atoms with Crippen LogP contribution in [0.4, 0.5) is 4.79 Å². The van der Waals surface area contributed by atoms with Crippen molar-refractivity contribution in [3.8, 4) is 0 Å². The Balaban J connectivity index is 2.36. The van der Waals surface area contributed by atoms with Crippen molar-refractivity contribution in [2.24, 2.45) is 0 Å². The van der Waals surface area contributed by atoms with Crippen molar-refractivity contribution in [2.75, 3.05) is 18.1 Å². The van der Waals surface area contributed by atoms with Gasteiger partial charge in [0.05, 0.1) is 12.2 Å². The fourth-order valence-corrected chi connectivity index (χ4v) is 2.83. The van der Waals surface area contributed by atoms with Gasteiger partial charge in [-0.3, -0.25) is 4.21 Å². The summed E-state index contributed by atoms with van der Waals surface area (Å²) in [6.07, 6.45) is 0. The van der Waals surface area contributed by atoms with Gasteiger partial charge >= 0.3 is 12.0 Å². The number of carbonyl (C=O) groups is 2. The van der Waals surface area contributed by atoms with Crippen LogP contribution in [0, 0.1) is 6.92 Å². The van der Waals surface area contributed by atoms with E-state index in [0.717, 1.165) is 11.3 Å². The van der Waals surface area contributed by atoms with Gasteiger partial charge in [0.15, 0.2) is 0 Å². The van der Waals surface area contributed by atoms with E-state index in [2.05, 4.69) is 15.6 Å². The zero-order valence-corrected chi connectivity index (χ0v) is 12.9. The Kier molecular flexibility index (Phi) is 6.59. The number of carboxylic acids is 1. The van der Waals surface area contributed by atoms with Crippen molar-refractivity contribution in [1.29, 1.82) is 0 Å². The van der Waals surface area contributed by atoms with E-state index in [1.54, 1.807) is 6.92 Å². The lowest BCUT2D eigenvalue weighted by Gasteiger charge is -2.05. The first-order chi connectivity index (χ1) is 9.43. The molecule has 0 saturated carbocycles. The number of thiazole rings is 1. The third-order valence-corrected chi connectivity index (χ3v) is 4.82. The topological polar surface area (TPSA) is 108 Å². The van der Waals surface area contributed by atoms with Gasteiger partial charge in [-0.1, -0.05) is 6.92 Å². The standard InChI is InChI=1S/C11H17N3O4S2/c1-3-20(18)5-4-12-11(17)13-6-8-14-7(2)9(19-8)10(15)16/h3-6H2,1-2H3,(H,15,16)(H2,12,13,17). The summed E-state index contributed by atoms with van der Waals surface area (Å²) in [5.74, 6) is -0.0268. The minimum Gasteiger partial charge on any atom is -0.477 e. The van der Waals surface area contributed by atoms with Gasteiger partial charge in [0.2, 0.25) is 0 Å². The molecule has 0 fully saturated rings. The van der Waals surface area contributed by atoms with Crippen molar-refractivity contribution >= 4 is 34.1 Å². The summed E-state index contributed by atoms with van der Waals surface area (Å²) in [5, 5.41) is 14.6. The van der Waals surface area contributed by atoms with Gasteiger partial charge in [-0.05, 0) is 6.92 Å². The molecule has 1 aromatic heterocycles. The first-order valence-electron chi connectivity index (χ1n) is 6.00. The Morgan fingerprint density at radius 2 is 2.10 bits per heavy atom. The minimum atomic E-state index is -1.02. The summed E-state index contributed by atoms with van der Waals surface area (Å²) in [7, 11) is -0.906. The monoisotopic (exact) mass is 319 g/mol. The van der Waals surface area contributed by atoms with Crippen LogP contribution >= 0.6 is 11.3 Å². The average molecular weight is 319 g/mol. The maximum absolute atomic E-state index is 11.5. The zero-order chi connectivity index (χ0) is 15.1. The highest BCUT2D eigenvalue weighted by Gasteiger charge is 2.14. The Morgan fingerprint density at radius 1 is 1.40 bits per heavy atom. The van der Waals surface area contributed by atoms with E-state index in [9.17, 15) is 13.8 Å². The lowest BCUT2D eigenvalue weighted by atomic mass is 10.4. The summed E-state index contributed by atoms with van der Waals surface area (Å²) in [6.45, 7) is 3.94. The molecule has 20 heavy (non-hydrogen) atoms. The van der Waals surface area contributed by atoms with E-state index in [0.29, 0.717) is 28.8 Å². The fourth-order valence-electron chi connectivity index (χ4n) is 1.37. The number of urea groups is 1. The molecule has 112 valence electrons. The van der Waals surface area contributed by atoms with Crippen molar-refractivity contribution in [3.05, 3.63) is 15.6 Å². The number of hydrogen-bond acceptors (Lipinski definition) is 5. The zero-order valence-electron chi connectivity index (χ0n) is 11.3. The van der Waals surface area contributed by atoms with Crippen molar-refractivity contribution < 1.29 is 18.9 Å². The number of aromatic nitrogens is 1. The largest absolute Gasteiger partial charge is 0.477 e. The van der Waals surface area contributed by atoms with E-state index in [1.807, 2.05) is 6.92 Å². The molecule has 0 aromatic carbocycles. The molecule has 0 bridgehead atoms. The lowest BCUT2D eigenvalue weighted by molar-refractivity contribution is 0.0701.